The maximum Gasteiger partial charge on any atom is 0.216 e. The molecule has 0 bridgehead atoms. The third kappa shape index (κ3) is 3.88. The monoisotopic (exact) mass is 354 g/mol. The summed E-state index contributed by atoms with van der Waals surface area (Å²) in [4.78, 5) is 0. The molecule has 0 unspecified atom stereocenters. The first-order chi connectivity index (χ1) is 11.6. The Labute approximate surface area is 150 Å². The lowest BCUT2D eigenvalue weighted by Crippen LogP contribution is -1.94. The number of rotatable bonds is 4. The average molecular weight is 355 g/mol. The van der Waals surface area contributed by atoms with Gasteiger partial charge in [0.2, 0.25) is 4.77 Å². The summed E-state index contributed by atoms with van der Waals surface area (Å²) in [6.07, 6.45) is 3.39. The largest absolute Gasteiger partial charge is 0.250 e. The number of benzene rings is 2. The highest BCUT2D eigenvalue weighted by molar-refractivity contribution is 7.71. The van der Waals surface area contributed by atoms with Crippen LogP contribution in [0.3, 0.4) is 0 Å². The van der Waals surface area contributed by atoms with Crippen LogP contribution in [0.5, 0.6) is 0 Å². The number of nitrogens with one attached hydrogen (secondary N) is 1. The molecular formula is C18H15ClN4S. The number of allylic oxidation sites excluding steroid dienone is 1. The second-order valence-electron chi connectivity index (χ2n) is 5.22. The molecule has 0 aliphatic carbocycles. The fourth-order valence-corrected chi connectivity index (χ4v) is 2.58. The minimum atomic E-state index is 0.409. The molecule has 24 heavy (non-hydrogen) atoms. The van der Waals surface area contributed by atoms with E-state index in [0.29, 0.717) is 15.6 Å². The molecule has 0 saturated heterocycles. The Balaban J connectivity index is 1.92. The van der Waals surface area contributed by atoms with Gasteiger partial charge in [-0.15, -0.1) is 0 Å². The van der Waals surface area contributed by atoms with Gasteiger partial charge in [0.25, 0.3) is 0 Å². The summed E-state index contributed by atoms with van der Waals surface area (Å²) in [5.41, 5.74) is 3.07. The molecule has 3 aromatic rings. The number of nitrogens with zero attached hydrogens (tertiary/aromatic N) is 3. The maximum absolute atomic E-state index is 6.24. The summed E-state index contributed by atoms with van der Waals surface area (Å²) >= 11 is 11.5. The lowest BCUT2D eigenvalue weighted by molar-refractivity contribution is 0.872. The van der Waals surface area contributed by atoms with Gasteiger partial charge in [0.1, 0.15) is 0 Å². The molecule has 1 N–H and O–H groups in total. The van der Waals surface area contributed by atoms with Crippen molar-refractivity contribution in [2.75, 3.05) is 0 Å². The minimum Gasteiger partial charge on any atom is -0.250 e. The number of aromatic nitrogens is 3. The van der Waals surface area contributed by atoms with Gasteiger partial charge in [-0.3, -0.25) is 0 Å². The predicted molar refractivity (Wildman–Crippen MR) is 102 cm³/mol. The molecule has 0 saturated carbocycles. The molecule has 120 valence electrons. The molecule has 0 spiro atoms. The summed E-state index contributed by atoms with van der Waals surface area (Å²) in [5, 5.41) is 11.9. The predicted octanol–water partition coefficient (Wildman–Crippen LogP) is 5.03. The Bertz CT molecular complexity index is 954. The molecule has 6 heteroatoms. The van der Waals surface area contributed by atoms with Crippen molar-refractivity contribution in [3.63, 3.8) is 0 Å². The second kappa shape index (κ2) is 7.38. The van der Waals surface area contributed by atoms with E-state index in [2.05, 4.69) is 15.3 Å². The fourth-order valence-electron chi connectivity index (χ4n) is 2.23. The van der Waals surface area contributed by atoms with Gasteiger partial charge in [-0.1, -0.05) is 65.7 Å². The van der Waals surface area contributed by atoms with E-state index in [4.69, 9.17) is 23.8 Å². The van der Waals surface area contributed by atoms with Crippen LogP contribution >= 0.6 is 23.8 Å². The summed E-state index contributed by atoms with van der Waals surface area (Å²) in [6.45, 7) is 2.03. The highest BCUT2D eigenvalue weighted by Gasteiger charge is 2.08. The van der Waals surface area contributed by atoms with Crippen LogP contribution in [0.15, 0.2) is 64.7 Å². The lowest BCUT2D eigenvalue weighted by atomic mass is 10.1. The number of aromatic amines is 1. The van der Waals surface area contributed by atoms with Crippen molar-refractivity contribution >= 4 is 36.1 Å². The van der Waals surface area contributed by atoms with Gasteiger partial charge in [0, 0.05) is 5.56 Å². The van der Waals surface area contributed by atoms with E-state index in [9.17, 15) is 0 Å². The van der Waals surface area contributed by atoms with Crippen molar-refractivity contribution in [3.8, 4) is 11.4 Å². The van der Waals surface area contributed by atoms with Crippen molar-refractivity contribution in [1.82, 2.24) is 14.9 Å². The van der Waals surface area contributed by atoms with Gasteiger partial charge in [0.05, 0.1) is 11.2 Å². The Morgan fingerprint density at radius 2 is 2.00 bits per heavy atom. The molecule has 0 amide bonds. The molecule has 0 aliphatic rings. The van der Waals surface area contributed by atoms with Crippen LogP contribution in [-0.4, -0.2) is 21.1 Å². The lowest BCUT2D eigenvalue weighted by Gasteiger charge is -2.02. The number of halogens is 1. The average Bonchev–Trinajstić information content (AvgIpc) is 2.95. The zero-order chi connectivity index (χ0) is 16.9. The van der Waals surface area contributed by atoms with Gasteiger partial charge in [-0.05, 0) is 36.8 Å². The molecule has 4 nitrogen and oxygen atoms in total. The van der Waals surface area contributed by atoms with E-state index in [1.54, 1.807) is 10.9 Å². The molecule has 1 heterocycles. The SMILES string of the molecule is Cc1cccc(-c2n[nH]c(=S)n2N=CC(Cl)=Cc2ccccc2)c1. The van der Waals surface area contributed by atoms with Crippen LogP contribution in [0.25, 0.3) is 17.5 Å². The summed E-state index contributed by atoms with van der Waals surface area (Å²) in [7, 11) is 0. The van der Waals surface area contributed by atoms with Crippen molar-refractivity contribution in [2.24, 2.45) is 5.10 Å². The molecule has 0 aliphatic heterocycles. The molecule has 1 aromatic heterocycles. The van der Waals surface area contributed by atoms with E-state index in [1.807, 2.05) is 67.6 Å². The van der Waals surface area contributed by atoms with Crippen LogP contribution in [0.2, 0.25) is 0 Å². The van der Waals surface area contributed by atoms with Crippen molar-refractivity contribution < 1.29 is 0 Å². The van der Waals surface area contributed by atoms with E-state index < -0.39 is 0 Å². The highest BCUT2D eigenvalue weighted by atomic mass is 35.5. The van der Waals surface area contributed by atoms with Crippen molar-refractivity contribution in [2.45, 2.75) is 6.92 Å². The van der Waals surface area contributed by atoms with Gasteiger partial charge >= 0.3 is 0 Å². The topological polar surface area (TPSA) is 46.0 Å². The number of H-pyrrole nitrogens is 1. The Kier molecular flexibility index (Phi) is 5.03. The van der Waals surface area contributed by atoms with E-state index in [1.165, 1.54) is 0 Å². The van der Waals surface area contributed by atoms with Crippen molar-refractivity contribution in [1.29, 1.82) is 0 Å². The summed E-state index contributed by atoms with van der Waals surface area (Å²) < 4.78 is 1.97. The molecule has 0 atom stereocenters. The summed E-state index contributed by atoms with van der Waals surface area (Å²) in [6, 6.07) is 17.8. The van der Waals surface area contributed by atoms with Gasteiger partial charge < -0.3 is 0 Å². The van der Waals surface area contributed by atoms with Crippen LogP contribution in [0.4, 0.5) is 0 Å². The summed E-state index contributed by atoms with van der Waals surface area (Å²) in [5.74, 6) is 0.643. The minimum absolute atomic E-state index is 0.409. The molecule has 0 fully saturated rings. The standard InChI is InChI=1S/C18H15ClN4S/c1-13-6-5-9-15(10-13)17-21-22-18(24)23(17)20-12-16(19)11-14-7-3-2-4-8-14/h2-12H,1H3,(H,22,24). The zero-order valence-corrected chi connectivity index (χ0v) is 14.6. The maximum atomic E-state index is 6.24. The van der Waals surface area contributed by atoms with Crippen LogP contribution in [-0.2, 0) is 0 Å². The first kappa shape index (κ1) is 16.4. The van der Waals surface area contributed by atoms with E-state index >= 15 is 0 Å². The normalized spacial score (nSPS) is 12.0. The highest BCUT2D eigenvalue weighted by Crippen LogP contribution is 2.18. The van der Waals surface area contributed by atoms with Gasteiger partial charge in [-0.2, -0.15) is 14.9 Å². The molecular weight excluding hydrogens is 340 g/mol. The van der Waals surface area contributed by atoms with Gasteiger partial charge in [0.15, 0.2) is 5.82 Å². The first-order valence-corrected chi connectivity index (χ1v) is 8.13. The molecule has 3 rings (SSSR count). The van der Waals surface area contributed by atoms with Gasteiger partial charge in [-0.25, -0.2) is 5.10 Å². The Hall–Kier alpha value is -2.50. The molecule has 0 radical (unpaired) electrons. The number of hydrogen-bond donors (Lipinski definition) is 1. The van der Waals surface area contributed by atoms with Crippen LogP contribution < -0.4 is 0 Å². The number of aryl methyl sites for hydroxylation is 1. The number of hydrogen-bond acceptors (Lipinski definition) is 3. The smallest absolute Gasteiger partial charge is 0.216 e. The fraction of sp³-hybridized carbons (Fsp3) is 0.0556. The van der Waals surface area contributed by atoms with Crippen LogP contribution in [0.1, 0.15) is 11.1 Å². The quantitative estimate of drug-likeness (QED) is 0.527. The Morgan fingerprint density at radius 3 is 2.75 bits per heavy atom. The Morgan fingerprint density at radius 1 is 1.21 bits per heavy atom. The van der Waals surface area contributed by atoms with Crippen molar-refractivity contribution in [3.05, 3.63) is 75.5 Å². The molecule has 2 aromatic carbocycles. The van der Waals surface area contributed by atoms with Crippen LogP contribution in [0, 0.1) is 11.7 Å². The zero-order valence-electron chi connectivity index (χ0n) is 13.0. The first-order valence-electron chi connectivity index (χ1n) is 7.34. The third-order valence-corrected chi connectivity index (χ3v) is 3.80. The van der Waals surface area contributed by atoms with E-state index in [-0.39, 0.29) is 0 Å². The van der Waals surface area contributed by atoms with E-state index in [0.717, 1.165) is 16.7 Å². The third-order valence-electron chi connectivity index (χ3n) is 3.33. The second-order valence-corrected chi connectivity index (χ2v) is 6.04.